The molecule has 0 atom stereocenters. The number of aromatic nitrogens is 2. The monoisotopic (exact) mass is 396 g/mol. The molecule has 27 heavy (non-hydrogen) atoms. The van der Waals surface area contributed by atoms with Crippen LogP contribution in [-0.4, -0.2) is 9.61 Å². The van der Waals surface area contributed by atoms with Gasteiger partial charge in [0.05, 0.1) is 16.9 Å². The van der Waals surface area contributed by atoms with Crippen molar-refractivity contribution in [2.75, 3.05) is 0 Å². The predicted octanol–water partition coefficient (Wildman–Crippen LogP) is 6.99. The van der Waals surface area contributed by atoms with E-state index in [4.69, 9.17) is 28.3 Å². The Labute approximate surface area is 166 Å². The lowest BCUT2D eigenvalue weighted by Gasteiger charge is -2.08. The second kappa shape index (κ2) is 6.36. The molecule has 0 amide bonds. The molecular formula is C22H15Cl2FN2. The van der Waals surface area contributed by atoms with Crippen LogP contribution in [-0.2, 0) is 0 Å². The maximum atomic E-state index is 13.4. The van der Waals surface area contributed by atoms with E-state index >= 15 is 0 Å². The Hall–Kier alpha value is -2.36. The van der Waals surface area contributed by atoms with Gasteiger partial charge in [0.2, 0.25) is 0 Å². The second-order valence-corrected chi connectivity index (χ2v) is 7.78. The molecule has 2 heterocycles. The Morgan fingerprint density at radius 2 is 1.52 bits per heavy atom. The van der Waals surface area contributed by atoms with Crippen molar-refractivity contribution in [3.8, 4) is 22.4 Å². The van der Waals surface area contributed by atoms with Gasteiger partial charge in [-0.15, -0.1) is 0 Å². The average molecular weight is 397 g/mol. The fourth-order valence-corrected chi connectivity index (χ4v) is 3.84. The molecule has 0 unspecified atom stereocenters. The Morgan fingerprint density at radius 1 is 0.852 bits per heavy atom. The molecule has 0 saturated heterocycles. The summed E-state index contributed by atoms with van der Waals surface area (Å²) in [5.74, 6) is 0.202. The van der Waals surface area contributed by atoms with Gasteiger partial charge in [-0.25, -0.2) is 8.91 Å². The fraction of sp³-hybridized carbons (Fsp3) is 0.136. The Bertz CT molecular complexity index is 1140. The lowest BCUT2D eigenvalue weighted by molar-refractivity contribution is 0.628. The van der Waals surface area contributed by atoms with E-state index in [2.05, 4.69) is 0 Å². The number of halogens is 3. The van der Waals surface area contributed by atoms with Crippen molar-refractivity contribution in [3.05, 3.63) is 82.2 Å². The first-order chi connectivity index (χ1) is 13.1. The molecule has 0 radical (unpaired) electrons. The zero-order chi connectivity index (χ0) is 18.5. The molecule has 2 aromatic carbocycles. The van der Waals surface area contributed by atoms with Gasteiger partial charge in [0.15, 0.2) is 0 Å². The first kappa shape index (κ1) is 16.8. The third-order valence-electron chi connectivity index (χ3n) is 4.96. The van der Waals surface area contributed by atoms with Gasteiger partial charge in [-0.2, -0.15) is 5.10 Å². The number of fused-ring (bicyclic) bond motifs is 1. The fourth-order valence-electron chi connectivity index (χ4n) is 3.51. The summed E-state index contributed by atoms with van der Waals surface area (Å²) in [4.78, 5) is 0. The van der Waals surface area contributed by atoms with Gasteiger partial charge >= 0.3 is 0 Å². The third kappa shape index (κ3) is 3.01. The smallest absolute Gasteiger partial charge is 0.123 e. The van der Waals surface area contributed by atoms with Crippen molar-refractivity contribution in [1.29, 1.82) is 0 Å². The second-order valence-electron chi connectivity index (χ2n) is 6.90. The summed E-state index contributed by atoms with van der Waals surface area (Å²) in [6.45, 7) is 0. The van der Waals surface area contributed by atoms with Crippen LogP contribution in [0.3, 0.4) is 0 Å². The van der Waals surface area contributed by atoms with Crippen molar-refractivity contribution in [2.24, 2.45) is 0 Å². The largest absolute Gasteiger partial charge is 0.232 e. The van der Waals surface area contributed by atoms with Crippen LogP contribution >= 0.6 is 23.2 Å². The molecule has 2 aromatic heterocycles. The van der Waals surface area contributed by atoms with Gasteiger partial charge in [-0.1, -0.05) is 35.3 Å². The minimum atomic E-state index is -0.266. The van der Waals surface area contributed by atoms with E-state index in [1.165, 1.54) is 12.1 Å². The van der Waals surface area contributed by atoms with Crippen molar-refractivity contribution < 1.29 is 4.39 Å². The van der Waals surface area contributed by atoms with E-state index < -0.39 is 0 Å². The summed E-state index contributed by atoms with van der Waals surface area (Å²) in [5, 5.41) is 6.27. The van der Waals surface area contributed by atoms with Crippen LogP contribution in [0.25, 0.3) is 27.9 Å². The molecule has 0 spiro atoms. The summed E-state index contributed by atoms with van der Waals surface area (Å²) in [7, 11) is 0. The van der Waals surface area contributed by atoms with Crippen molar-refractivity contribution in [1.82, 2.24) is 9.61 Å². The van der Waals surface area contributed by atoms with E-state index in [0.29, 0.717) is 16.0 Å². The summed E-state index contributed by atoms with van der Waals surface area (Å²) < 4.78 is 15.3. The minimum absolute atomic E-state index is 0.266. The van der Waals surface area contributed by atoms with Crippen molar-refractivity contribution >= 4 is 28.7 Å². The zero-order valence-electron chi connectivity index (χ0n) is 14.3. The van der Waals surface area contributed by atoms with Crippen LogP contribution in [0.2, 0.25) is 10.0 Å². The topological polar surface area (TPSA) is 17.3 Å². The molecule has 5 heteroatoms. The maximum absolute atomic E-state index is 13.4. The first-order valence-electron chi connectivity index (χ1n) is 8.84. The summed E-state index contributed by atoms with van der Waals surface area (Å²) >= 11 is 12.5. The number of rotatable bonds is 3. The average Bonchev–Trinajstić information content (AvgIpc) is 3.44. The molecule has 2 nitrogen and oxygen atoms in total. The summed E-state index contributed by atoms with van der Waals surface area (Å²) in [6.07, 6.45) is 2.29. The normalized spacial score (nSPS) is 14.0. The minimum Gasteiger partial charge on any atom is -0.232 e. The molecular weight excluding hydrogens is 382 g/mol. The Kier molecular flexibility index (Phi) is 3.96. The van der Waals surface area contributed by atoms with E-state index in [9.17, 15) is 4.39 Å². The summed E-state index contributed by atoms with van der Waals surface area (Å²) in [5.41, 5.74) is 5.92. The van der Waals surface area contributed by atoms with Crippen LogP contribution < -0.4 is 0 Å². The molecule has 1 aliphatic carbocycles. The molecule has 5 rings (SSSR count). The van der Waals surface area contributed by atoms with Crippen LogP contribution in [0.1, 0.15) is 24.5 Å². The maximum Gasteiger partial charge on any atom is 0.123 e. The lowest BCUT2D eigenvalue weighted by atomic mass is 10.0. The number of nitrogens with zero attached hydrogens (tertiary/aromatic N) is 2. The van der Waals surface area contributed by atoms with E-state index in [1.807, 2.05) is 40.9 Å². The molecule has 1 saturated carbocycles. The van der Waals surface area contributed by atoms with Gasteiger partial charge in [-0.05, 0) is 66.9 Å². The van der Waals surface area contributed by atoms with Crippen LogP contribution in [0, 0.1) is 5.82 Å². The molecule has 0 N–H and O–H groups in total. The molecule has 1 fully saturated rings. The third-order valence-corrected chi connectivity index (χ3v) is 5.43. The van der Waals surface area contributed by atoms with Gasteiger partial charge in [0.1, 0.15) is 5.82 Å². The molecule has 0 bridgehead atoms. The highest BCUT2D eigenvalue weighted by molar-refractivity contribution is 6.31. The van der Waals surface area contributed by atoms with Crippen LogP contribution in [0.15, 0.2) is 60.7 Å². The van der Waals surface area contributed by atoms with Gasteiger partial charge in [0, 0.05) is 27.1 Å². The van der Waals surface area contributed by atoms with Gasteiger partial charge in [0.25, 0.3) is 0 Å². The molecule has 4 aromatic rings. The summed E-state index contributed by atoms with van der Waals surface area (Å²) in [6, 6.07) is 18.0. The number of benzene rings is 2. The standard InChI is InChI=1S/C22H15Cl2FN2/c23-16-7-3-14(4-8-16)21-20-12-17(24)11-19(13-5-9-18(25)10-6-13)27(20)26-22(21)15-1-2-15/h3-12,15H,1-2H2. The van der Waals surface area contributed by atoms with E-state index in [-0.39, 0.29) is 5.82 Å². The highest BCUT2D eigenvalue weighted by Gasteiger charge is 2.31. The quantitative estimate of drug-likeness (QED) is 0.364. The zero-order valence-corrected chi connectivity index (χ0v) is 15.8. The van der Waals surface area contributed by atoms with E-state index in [1.54, 1.807) is 12.1 Å². The van der Waals surface area contributed by atoms with Crippen LogP contribution in [0.5, 0.6) is 0 Å². The lowest BCUT2D eigenvalue weighted by Crippen LogP contribution is -1.95. The molecule has 0 aliphatic heterocycles. The predicted molar refractivity (Wildman–Crippen MR) is 108 cm³/mol. The van der Waals surface area contributed by atoms with E-state index in [0.717, 1.165) is 46.4 Å². The highest BCUT2D eigenvalue weighted by Crippen LogP contribution is 2.46. The number of hydrogen-bond donors (Lipinski definition) is 0. The number of hydrogen-bond acceptors (Lipinski definition) is 1. The first-order valence-corrected chi connectivity index (χ1v) is 9.60. The number of pyridine rings is 1. The Morgan fingerprint density at radius 3 is 2.19 bits per heavy atom. The van der Waals surface area contributed by atoms with Crippen molar-refractivity contribution in [3.63, 3.8) is 0 Å². The Balaban J connectivity index is 1.81. The van der Waals surface area contributed by atoms with Crippen molar-refractivity contribution in [2.45, 2.75) is 18.8 Å². The van der Waals surface area contributed by atoms with Gasteiger partial charge < -0.3 is 0 Å². The molecule has 1 aliphatic rings. The SMILES string of the molecule is Fc1ccc(-c2cc(Cl)cc3c(-c4ccc(Cl)cc4)c(C4CC4)nn23)cc1. The van der Waals surface area contributed by atoms with Gasteiger partial charge in [-0.3, -0.25) is 0 Å². The highest BCUT2D eigenvalue weighted by atomic mass is 35.5. The van der Waals surface area contributed by atoms with Crippen LogP contribution in [0.4, 0.5) is 4.39 Å². The molecule has 134 valence electrons.